The first-order chi connectivity index (χ1) is 5.68. The van der Waals surface area contributed by atoms with Crippen LogP contribution in [0.3, 0.4) is 0 Å². The molecule has 0 aliphatic carbocycles. The Bertz CT molecular complexity index is 237. The minimum atomic E-state index is -1.72. The van der Waals surface area contributed by atoms with Crippen LogP contribution in [0.5, 0.6) is 0 Å². The van der Waals surface area contributed by atoms with E-state index in [4.69, 9.17) is 10.2 Å². The van der Waals surface area contributed by atoms with Crippen LogP contribution in [0.2, 0.25) is 0 Å². The van der Waals surface area contributed by atoms with E-state index in [9.17, 15) is 4.39 Å². The quantitative estimate of drug-likeness (QED) is 0.464. The molecule has 0 saturated carbocycles. The van der Waals surface area contributed by atoms with Crippen LogP contribution in [-0.4, -0.2) is 26.5 Å². The summed E-state index contributed by atoms with van der Waals surface area (Å²) in [6, 6.07) is 5.78. The molecule has 1 aromatic carbocycles. The molecular weight excluding hydrogens is 179 g/mol. The number of hydrogen-bond donors (Lipinski definition) is 2. The third-order valence-electron chi connectivity index (χ3n) is 1.31. The van der Waals surface area contributed by atoms with Crippen molar-refractivity contribution in [1.29, 1.82) is 0 Å². The molecule has 0 heterocycles. The first-order valence-electron chi connectivity index (χ1n) is 3.40. The highest BCUT2D eigenvalue weighted by Gasteiger charge is 1.99. The number of halogens is 1. The van der Waals surface area contributed by atoms with E-state index in [0.717, 1.165) is 5.19 Å². The summed E-state index contributed by atoms with van der Waals surface area (Å²) in [4.78, 5) is 0. The molecule has 5 heteroatoms. The summed E-state index contributed by atoms with van der Waals surface area (Å²) in [6.07, 6.45) is 0. The molecule has 66 valence electrons. The molecule has 0 aliphatic rings. The van der Waals surface area contributed by atoms with Gasteiger partial charge in [0.05, 0.1) is 0 Å². The third kappa shape index (κ3) is 3.10. The second-order valence-electron chi connectivity index (χ2n) is 2.26. The molecule has 0 saturated heterocycles. The van der Waals surface area contributed by atoms with Gasteiger partial charge in [0.1, 0.15) is 5.82 Å². The van der Waals surface area contributed by atoms with E-state index < -0.39 is 16.2 Å². The Balaban J connectivity index is 2.48. The highest BCUT2D eigenvalue weighted by Crippen LogP contribution is 1.92. The maximum Gasteiger partial charge on any atom is 0.256 e. The molecule has 0 unspecified atom stereocenters. The topological polar surface area (TPSA) is 49.7 Å². The van der Waals surface area contributed by atoms with Crippen molar-refractivity contribution in [2.24, 2.45) is 0 Å². The first-order valence-corrected chi connectivity index (χ1v) is 4.69. The molecule has 0 fully saturated rings. The Morgan fingerprint density at radius 3 is 2.33 bits per heavy atom. The fourth-order valence-electron chi connectivity index (χ4n) is 0.751. The molecule has 0 spiro atoms. The van der Waals surface area contributed by atoms with Crippen LogP contribution >= 0.6 is 0 Å². The smallest absolute Gasteiger partial charge is 0.256 e. The van der Waals surface area contributed by atoms with Crippen LogP contribution in [0.15, 0.2) is 24.3 Å². The molecule has 0 radical (unpaired) electrons. The molecule has 0 bridgehead atoms. The summed E-state index contributed by atoms with van der Waals surface area (Å²) in [6.45, 7) is -1.72. The lowest BCUT2D eigenvalue weighted by atomic mass is 10.3. The highest BCUT2D eigenvalue weighted by molar-refractivity contribution is 6.46. The number of rotatable bonds is 3. The third-order valence-corrected chi connectivity index (χ3v) is 2.58. The molecule has 1 rings (SSSR count). The Labute approximate surface area is 71.4 Å². The van der Waals surface area contributed by atoms with Crippen LogP contribution < -0.4 is 5.19 Å². The summed E-state index contributed by atoms with van der Waals surface area (Å²) < 4.78 is 17.0. The van der Waals surface area contributed by atoms with Gasteiger partial charge in [0.2, 0.25) is 0 Å². The Kier molecular flexibility index (Phi) is 3.36. The van der Waals surface area contributed by atoms with E-state index in [2.05, 4.69) is 4.43 Å². The predicted octanol–water partition coefficient (Wildman–Crippen LogP) is -1.18. The zero-order valence-electron chi connectivity index (χ0n) is 6.27. The van der Waals surface area contributed by atoms with Crippen LogP contribution in [-0.2, 0) is 4.43 Å². The summed E-state index contributed by atoms with van der Waals surface area (Å²) in [5, 5.41) is 17.5. The second kappa shape index (κ2) is 4.32. The van der Waals surface area contributed by atoms with Crippen LogP contribution in [0, 0.1) is 5.82 Å². The summed E-state index contributed by atoms with van der Waals surface area (Å²) >= 11 is 0. The highest BCUT2D eigenvalue weighted by atomic mass is 28.2. The van der Waals surface area contributed by atoms with E-state index in [1.54, 1.807) is 12.1 Å². The Morgan fingerprint density at radius 2 is 1.83 bits per heavy atom. The van der Waals surface area contributed by atoms with Gasteiger partial charge < -0.3 is 14.6 Å². The molecule has 12 heavy (non-hydrogen) atoms. The maximum absolute atomic E-state index is 12.4. The number of hydrogen-bond acceptors (Lipinski definition) is 3. The van der Waals surface area contributed by atoms with E-state index in [-0.39, 0.29) is 5.82 Å². The average molecular weight is 188 g/mol. The van der Waals surface area contributed by atoms with Gasteiger partial charge in [0.15, 0.2) is 9.76 Å². The van der Waals surface area contributed by atoms with Gasteiger partial charge in [-0.25, -0.2) is 4.39 Å². The molecule has 0 atom stereocenters. The molecular formula is C7H9FO3Si. The first kappa shape index (κ1) is 9.34. The normalized spacial score (nSPS) is 11.7. The lowest BCUT2D eigenvalue weighted by Crippen LogP contribution is -2.23. The Hall–Kier alpha value is -0.753. The standard InChI is InChI=1S/C7H9FO3Si/c8-5-1-3-6(4-2-5)12-11-7(9)10/h1-4,7,9-10H,12H2. The van der Waals surface area contributed by atoms with Gasteiger partial charge in [-0.3, -0.25) is 0 Å². The van der Waals surface area contributed by atoms with Gasteiger partial charge in [0.25, 0.3) is 6.48 Å². The van der Waals surface area contributed by atoms with Crippen molar-refractivity contribution >= 4 is 14.9 Å². The maximum atomic E-state index is 12.4. The molecule has 2 N–H and O–H groups in total. The van der Waals surface area contributed by atoms with Crippen LogP contribution in [0.4, 0.5) is 4.39 Å². The van der Waals surface area contributed by atoms with Gasteiger partial charge in [0, 0.05) is 0 Å². The van der Waals surface area contributed by atoms with Crippen molar-refractivity contribution in [2.75, 3.05) is 0 Å². The number of aliphatic hydroxyl groups is 2. The van der Waals surface area contributed by atoms with Crippen molar-refractivity contribution in [3.05, 3.63) is 30.1 Å². The van der Waals surface area contributed by atoms with E-state index >= 15 is 0 Å². The summed E-state index contributed by atoms with van der Waals surface area (Å²) in [5.41, 5.74) is 0. The number of aliphatic hydroxyl groups excluding tert-OH is 1. The fourth-order valence-corrected chi connectivity index (χ4v) is 1.52. The molecule has 1 aromatic rings. The monoisotopic (exact) mass is 188 g/mol. The number of benzene rings is 1. The Morgan fingerprint density at radius 1 is 1.25 bits per heavy atom. The fraction of sp³-hybridized carbons (Fsp3) is 0.143. The van der Waals surface area contributed by atoms with Crippen LogP contribution in [0.25, 0.3) is 0 Å². The lowest BCUT2D eigenvalue weighted by Gasteiger charge is -2.04. The largest absolute Gasteiger partial charge is 0.373 e. The minimum Gasteiger partial charge on any atom is -0.373 e. The van der Waals surface area contributed by atoms with Crippen molar-refractivity contribution in [3.63, 3.8) is 0 Å². The van der Waals surface area contributed by atoms with Gasteiger partial charge in [-0.1, -0.05) is 12.1 Å². The second-order valence-corrected chi connectivity index (χ2v) is 3.70. The lowest BCUT2D eigenvalue weighted by molar-refractivity contribution is -0.179. The molecule has 3 nitrogen and oxygen atoms in total. The van der Waals surface area contributed by atoms with Crippen molar-refractivity contribution in [1.82, 2.24) is 0 Å². The predicted molar refractivity (Wildman–Crippen MR) is 43.9 cm³/mol. The summed E-state index contributed by atoms with van der Waals surface area (Å²) in [7, 11) is -1.14. The van der Waals surface area contributed by atoms with Gasteiger partial charge in [-0.15, -0.1) is 0 Å². The van der Waals surface area contributed by atoms with Crippen molar-refractivity contribution < 1.29 is 19.0 Å². The molecule has 0 aromatic heterocycles. The average Bonchev–Trinajstić information content (AvgIpc) is 2.03. The zero-order chi connectivity index (χ0) is 8.97. The van der Waals surface area contributed by atoms with E-state index in [0.29, 0.717) is 0 Å². The van der Waals surface area contributed by atoms with Crippen LogP contribution in [0.1, 0.15) is 0 Å². The van der Waals surface area contributed by atoms with Crippen molar-refractivity contribution in [2.45, 2.75) is 6.48 Å². The molecule has 0 amide bonds. The van der Waals surface area contributed by atoms with Gasteiger partial charge >= 0.3 is 0 Å². The van der Waals surface area contributed by atoms with E-state index in [1.165, 1.54) is 12.1 Å². The molecule has 0 aliphatic heterocycles. The zero-order valence-corrected chi connectivity index (χ0v) is 7.69. The van der Waals surface area contributed by atoms with Gasteiger partial charge in [-0.2, -0.15) is 0 Å². The summed E-state index contributed by atoms with van der Waals surface area (Å²) in [5.74, 6) is -0.308. The van der Waals surface area contributed by atoms with E-state index in [1.807, 2.05) is 0 Å². The minimum absolute atomic E-state index is 0.308. The van der Waals surface area contributed by atoms with Crippen molar-refractivity contribution in [3.8, 4) is 0 Å². The SMILES string of the molecule is OC(O)O[SiH2]c1ccc(F)cc1. The van der Waals surface area contributed by atoms with Gasteiger partial charge in [-0.05, 0) is 17.3 Å².